The van der Waals surface area contributed by atoms with Gasteiger partial charge in [0.25, 0.3) is 0 Å². The molecule has 0 saturated carbocycles. The second-order valence-electron chi connectivity index (χ2n) is 14.8. The summed E-state index contributed by atoms with van der Waals surface area (Å²) in [7, 11) is 0. The van der Waals surface area contributed by atoms with E-state index in [4.69, 9.17) is 4.74 Å². The van der Waals surface area contributed by atoms with E-state index >= 15 is 0 Å². The Balaban J connectivity index is 0.966. The van der Waals surface area contributed by atoms with Crippen LogP contribution in [0.2, 0.25) is 0 Å². The summed E-state index contributed by atoms with van der Waals surface area (Å²) in [6.45, 7) is 0. The van der Waals surface area contributed by atoms with E-state index in [0.29, 0.717) is 5.92 Å². The molecule has 0 radical (unpaired) electrons. The summed E-state index contributed by atoms with van der Waals surface area (Å²) in [5, 5.41) is 4.95. The zero-order valence-electron chi connectivity index (χ0n) is 30.8. The highest BCUT2D eigenvalue weighted by molar-refractivity contribution is 6.00. The average molecular weight is 716 g/mol. The van der Waals surface area contributed by atoms with Crippen molar-refractivity contribution in [3.63, 3.8) is 0 Å². The lowest BCUT2D eigenvalue weighted by atomic mass is 9.79. The zero-order chi connectivity index (χ0) is 37.0. The largest absolute Gasteiger partial charge is 0.457 e. The number of nitrogens with zero attached hydrogens (tertiary/aromatic N) is 1. The van der Waals surface area contributed by atoms with Crippen molar-refractivity contribution < 1.29 is 4.74 Å². The third kappa shape index (κ3) is 5.49. The van der Waals surface area contributed by atoms with E-state index in [1.54, 1.807) is 0 Å². The molecule has 0 N–H and O–H groups in total. The Bertz CT molecular complexity index is 2960. The van der Waals surface area contributed by atoms with Crippen LogP contribution in [-0.2, 0) is 0 Å². The summed E-state index contributed by atoms with van der Waals surface area (Å²) >= 11 is 0. The molecule has 0 aromatic heterocycles. The standard InChI is InChI=1S/C54H37NO/c1-3-18-46-38(10-1)12-6-20-47(46)40-26-24-36(25-27-40)37-28-31-44(32-29-37)55(51-22-8-13-39-11-2-4-19-48(39)51)45-17-5-16-42(34-45)43-30-33-52-50(35-43)49-21-7-14-41-15-9-23-53(56-52)54(41)49/h1-20,22-35,49H,21H2. The highest BCUT2D eigenvalue weighted by atomic mass is 16.5. The molecule has 9 aromatic rings. The van der Waals surface area contributed by atoms with Crippen LogP contribution in [0.15, 0.2) is 200 Å². The fraction of sp³-hybridized carbons (Fsp3) is 0.0370. The minimum atomic E-state index is 0.290. The third-order valence-corrected chi connectivity index (χ3v) is 11.6. The lowest BCUT2D eigenvalue weighted by Crippen LogP contribution is -2.13. The molecule has 0 spiro atoms. The first kappa shape index (κ1) is 32.3. The van der Waals surface area contributed by atoms with Crippen LogP contribution < -0.4 is 9.64 Å². The van der Waals surface area contributed by atoms with E-state index in [1.165, 1.54) is 71.6 Å². The molecule has 0 bridgehead atoms. The van der Waals surface area contributed by atoms with Gasteiger partial charge in [-0.05, 0) is 110 Å². The normalized spacial score (nSPS) is 13.9. The molecule has 2 heteroatoms. The smallest absolute Gasteiger partial charge is 0.131 e. The van der Waals surface area contributed by atoms with Crippen LogP contribution >= 0.6 is 0 Å². The van der Waals surface area contributed by atoms with Gasteiger partial charge in [-0.3, -0.25) is 0 Å². The first-order valence-electron chi connectivity index (χ1n) is 19.4. The molecular formula is C54H37NO. The molecule has 1 atom stereocenters. The first-order valence-corrected chi connectivity index (χ1v) is 19.4. The Morgan fingerprint density at radius 2 is 1.09 bits per heavy atom. The van der Waals surface area contributed by atoms with Crippen LogP contribution in [-0.4, -0.2) is 0 Å². The van der Waals surface area contributed by atoms with E-state index in [1.807, 2.05) is 0 Å². The van der Waals surface area contributed by atoms with E-state index in [9.17, 15) is 0 Å². The predicted octanol–water partition coefficient (Wildman–Crippen LogP) is 15.1. The number of anilines is 3. The van der Waals surface area contributed by atoms with E-state index in [2.05, 4.69) is 211 Å². The molecule has 2 aliphatic rings. The van der Waals surface area contributed by atoms with Crippen LogP contribution in [0.25, 0.3) is 61.0 Å². The number of benzene rings is 9. The van der Waals surface area contributed by atoms with Gasteiger partial charge in [0.05, 0.1) is 5.69 Å². The number of allylic oxidation sites excluding steroid dienone is 1. The zero-order valence-corrected chi connectivity index (χ0v) is 30.8. The van der Waals surface area contributed by atoms with Crippen molar-refractivity contribution in [1.29, 1.82) is 0 Å². The molecule has 1 aliphatic carbocycles. The van der Waals surface area contributed by atoms with Gasteiger partial charge in [-0.15, -0.1) is 0 Å². The SMILES string of the molecule is C1=Cc2cccc3c2C(C1)c1cc(-c2cccc(N(c4ccc(-c5ccc(-c6cccc7ccccc67)cc5)cc4)c4cccc5ccccc45)c2)ccc1O3. The molecule has 2 nitrogen and oxygen atoms in total. The Kier molecular flexibility index (Phi) is 7.67. The number of hydrogen-bond acceptors (Lipinski definition) is 2. The Labute approximate surface area is 327 Å². The van der Waals surface area contributed by atoms with Crippen molar-refractivity contribution in [3.05, 3.63) is 217 Å². The van der Waals surface area contributed by atoms with Gasteiger partial charge in [0, 0.05) is 33.8 Å². The maximum Gasteiger partial charge on any atom is 0.131 e. The average Bonchev–Trinajstić information content (AvgIpc) is 3.27. The maximum absolute atomic E-state index is 6.47. The van der Waals surface area contributed by atoms with Crippen molar-refractivity contribution >= 4 is 44.7 Å². The molecule has 9 aromatic carbocycles. The van der Waals surface area contributed by atoms with Crippen LogP contribution in [0.5, 0.6) is 11.5 Å². The van der Waals surface area contributed by atoms with Gasteiger partial charge in [0.15, 0.2) is 0 Å². The highest BCUT2D eigenvalue weighted by Crippen LogP contribution is 2.50. The summed E-state index contributed by atoms with van der Waals surface area (Å²) in [6.07, 6.45) is 5.51. The summed E-state index contributed by atoms with van der Waals surface area (Å²) in [6, 6.07) is 70.4. The Morgan fingerprint density at radius 1 is 0.446 bits per heavy atom. The molecule has 0 saturated heterocycles. The van der Waals surface area contributed by atoms with Gasteiger partial charge in [-0.2, -0.15) is 0 Å². The van der Waals surface area contributed by atoms with Crippen molar-refractivity contribution in [3.8, 4) is 44.9 Å². The third-order valence-electron chi connectivity index (χ3n) is 11.6. The first-order chi connectivity index (χ1) is 27.7. The van der Waals surface area contributed by atoms with Gasteiger partial charge >= 0.3 is 0 Å². The van der Waals surface area contributed by atoms with Crippen LogP contribution in [0, 0.1) is 0 Å². The molecule has 1 aliphatic heterocycles. The van der Waals surface area contributed by atoms with Crippen molar-refractivity contribution in [2.45, 2.75) is 12.3 Å². The van der Waals surface area contributed by atoms with E-state index in [-0.39, 0.29) is 0 Å². The lowest BCUT2D eigenvalue weighted by Gasteiger charge is -2.31. The predicted molar refractivity (Wildman–Crippen MR) is 234 cm³/mol. The van der Waals surface area contributed by atoms with Crippen LogP contribution in [0.4, 0.5) is 17.1 Å². The fourth-order valence-corrected chi connectivity index (χ4v) is 8.89. The number of rotatable bonds is 6. The van der Waals surface area contributed by atoms with Gasteiger partial charge in [0.1, 0.15) is 11.5 Å². The molecule has 1 heterocycles. The minimum Gasteiger partial charge on any atom is -0.457 e. The van der Waals surface area contributed by atoms with Crippen molar-refractivity contribution in [2.24, 2.45) is 0 Å². The summed E-state index contributed by atoms with van der Waals surface area (Å²) in [5.41, 5.74) is 14.4. The van der Waals surface area contributed by atoms with Crippen LogP contribution in [0.3, 0.4) is 0 Å². The topological polar surface area (TPSA) is 12.5 Å². The number of fused-ring (bicyclic) bond motifs is 4. The van der Waals surface area contributed by atoms with Gasteiger partial charge in [-0.1, -0.05) is 158 Å². The highest BCUT2D eigenvalue weighted by Gasteiger charge is 2.30. The molecule has 11 rings (SSSR count). The monoisotopic (exact) mass is 715 g/mol. The second kappa shape index (κ2) is 13.3. The van der Waals surface area contributed by atoms with E-state index < -0.39 is 0 Å². The van der Waals surface area contributed by atoms with Crippen LogP contribution in [0.1, 0.15) is 29.0 Å². The second-order valence-corrected chi connectivity index (χ2v) is 14.8. The fourth-order valence-electron chi connectivity index (χ4n) is 8.89. The van der Waals surface area contributed by atoms with Gasteiger partial charge < -0.3 is 9.64 Å². The number of hydrogen-bond donors (Lipinski definition) is 0. The maximum atomic E-state index is 6.47. The summed E-state index contributed by atoms with van der Waals surface area (Å²) < 4.78 is 6.47. The Morgan fingerprint density at radius 3 is 1.93 bits per heavy atom. The minimum absolute atomic E-state index is 0.290. The van der Waals surface area contributed by atoms with Crippen molar-refractivity contribution in [1.82, 2.24) is 0 Å². The summed E-state index contributed by atoms with van der Waals surface area (Å²) in [4.78, 5) is 2.40. The summed E-state index contributed by atoms with van der Waals surface area (Å²) in [5.74, 6) is 2.22. The molecule has 56 heavy (non-hydrogen) atoms. The molecule has 1 unspecified atom stereocenters. The Hall–Kier alpha value is -7.16. The van der Waals surface area contributed by atoms with Crippen molar-refractivity contribution in [2.75, 3.05) is 4.90 Å². The quantitative estimate of drug-likeness (QED) is 0.170. The molecule has 264 valence electrons. The molecule has 0 fully saturated rings. The molecule has 0 amide bonds. The van der Waals surface area contributed by atoms with E-state index in [0.717, 1.165) is 35.0 Å². The van der Waals surface area contributed by atoms with Gasteiger partial charge in [-0.25, -0.2) is 0 Å². The molecular weight excluding hydrogens is 679 g/mol. The number of ether oxygens (including phenoxy) is 1. The van der Waals surface area contributed by atoms with Gasteiger partial charge in [0.2, 0.25) is 0 Å². The lowest BCUT2D eigenvalue weighted by molar-refractivity contribution is 0.445.